The van der Waals surface area contributed by atoms with Crippen molar-refractivity contribution in [1.82, 2.24) is 5.32 Å². The molecule has 0 aromatic heterocycles. The Bertz CT molecular complexity index is 713. The number of thiocarbonyl (C=S) groups is 1. The Morgan fingerprint density at radius 2 is 1.88 bits per heavy atom. The molecule has 0 aliphatic heterocycles. The van der Waals surface area contributed by atoms with Crippen LogP contribution in [0.2, 0.25) is 0 Å². The molecule has 0 spiro atoms. The van der Waals surface area contributed by atoms with Gasteiger partial charge in [0.05, 0.1) is 6.10 Å². The summed E-state index contributed by atoms with van der Waals surface area (Å²) in [6.45, 7) is 9.14. The summed E-state index contributed by atoms with van der Waals surface area (Å²) in [7, 11) is 0. The van der Waals surface area contributed by atoms with Gasteiger partial charge in [-0.25, -0.2) is 0 Å². The molecule has 0 saturated carbocycles. The van der Waals surface area contributed by atoms with Gasteiger partial charge in [0.2, 0.25) is 0 Å². The molecule has 0 saturated heterocycles. The minimum Gasteiger partial charge on any atom is -0.491 e. The molecule has 2 aromatic carbocycles. The van der Waals surface area contributed by atoms with Crippen molar-refractivity contribution in [2.24, 2.45) is 0 Å². The van der Waals surface area contributed by atoms with Gasteiger partial charge in [-0.05, 0) is 93.7 Å². The average molecular weight is 357 g/mol. The van der Waals surface area contributed by atoms with Crippen LogP contribution in [-0.4, -0.2) is 17.8 Å². The summed E-state index contributed by atoms with van der Waals surface area (Å²) < 4.78 is 5.74. The topological polar surface area (TPSA) is 33.3 Å². The van der Waals surface area contributed by atoms with E-state index in [1.165, 1.54) is 16.7 Å². The van der Waals surface area contributed by atoms with Gasteiger partial charge in [0.15, 0.2) is 5.11 Å². The van der Waals surface area contributed by atoms with Gasteiger partial charge >= 0.3 is 0 Å². The molecule has 3 nitrogen and oxygen atoms in total. The van der Waals surface area contributed by atoms with Crippen molar-refractivity contribution in [3.05, 3.63) is 59.2 Å². The van der Waals surface area contributed by atoms with E-state index in [4.69, 9.17) is 17.0 Å². The summed E-state index contributed by atoms with van der Waals surface area (Å²) >= 11 is 5.37. The molecular formula is C21H28N2OS. The third-order valence-corrected chi connectivity index (χ3v) is 4.21. The van der Waals surface area contributed by atoms with Crippen LogP contribution in [-0.2, 0) is 6.42 Å². The molecule has 0 heterocycles. The number of hydrogen-bond donors (Lipinski definition) is 2. The molecule has 0 aliphatic rings. The van der Waals surface area contributed by atoms with Crippen LogP contribution < -0.4 is 15.4 Å². The zero-order chi connectivity index (χ0) is 18.2. The molecule has 0 atom stereocenters. The zero-order valence-electron chi connectivity index (χ0n) is 15.6. The Morgan fingerprint density at radius 3 is 2.60 bits per heavy atom. The Labute approximate surface area is 156 Å². The highest BCUT2D eigenvalue weighted by atomic mass is 32.1. The number of ether oxygens (including phenoxy) is 1. The molecule has 4 heteroatoms. The van der Waals surface area contributed by atoms with E-state index in [-0.39, 0.29) is 6.10 Å². The second-order valence-corrected chi connectivity index (χ2v) is 7.01. The lowest BCUT2D eigenvalue weighted by atomic mass is 10.1. The SMILES string of the molecule is Cc1ccc(NC(=S)NCCCc2cccc(OC(C)C)c2)cc1C. The third kappa shape index (κ3) is 6.75. The lowest BCUT2D eigenvalue weighted by molar-refractivity contribution is 0.242. The Kier molecular flexibility index (Phi) is 7.26. The van der Waals surface area contributed by atoms with Crippen molar-refractivity contribution in [2.45, 2.75) is 46.6 Å². The number of rotatable bonds is 7. The quantitative estimate of drug-likeness (QED) is 0.540. The van der Waals surface area contributed by atoms with Crippen LogP contribution in [0, 0.1) is 13.8 Å². The van der Waals surface area contributed by atoms with Crippen LogP contribution in [0.15, 0.2) is 42.5 Å². The second kappa shape index (κ2) is 9.42. The van der Waals surface area contributed by atoms with E-state index in [1.807, 2.05) is 26.0 Å². The minimum atomic E-state index is 0.200. The maximum Gasteiger partial charge on any atom is 0.170 e. The zero-order valence-corrected chi connectivity index (χ0v) is 16.4. The fraction of sp³-hybridized carbons (Fsp3) is 0.381. The van der Waals surface area contributed by atoms with E-state index in [2.05, 4.69) is 54.8 Å². The molecule has 0 radical (unpaired) electrons. The number of benzene rings is 2. The van der Waals surface area contributed by atoms with Crippen molar-refractivity contribution < 1.29 is 4.74 Å². The van der Waals surface area contributed by atoms with Crippen molar-refractivity contribution in [3.63, 3.8) is 0 Å². The van der Waals surface area contributed by atoms with Gasteiger partial charge in [0.1, 0.15) is 5.75 Å². The minimum absolute atomic E-state index is 0.200. The van der Waals surface area contributed by atoms with Gasteiger partial charge in [-0.2, -0.15) is 0 Å². The number of aryl methyl sites for hydroxylation is 3. The van der Waals surface area contributed by atoms with Gasteiger partial charge in [0, 0.05) is 12.2 Å². The van der Waals surface area contributed by atoms with E-state index in [0.717, 1.165) is 30.8 Å². The third-order valence-electron chi connectivity index (χ3n) is 3.96. The first-order chi connectivity index (χ1) is 11.9. The predicted molar refractivity (Wildman–Crippen MR) is 111 cm³/mol. The molecular weight excluding hydrogens is 328 g/mol. The van der Waals surface area contributed by atoms with Crippen LogP contribution in [0.4, 0.5) is 5.69 Å². The molecule has 2 aromatic rings. The standard InChI is InChI=1S/C21H28N2OS/c1-15(2)24-20-9-5-7-18(14-20)8-6-12-22-21(25)23-19-11-10-16(3)17(4)13-19/h5,7,9-11,13-15H,6,8,12H2,1-4H3,(H2,22,23,25). The summed E-state index contributed by atoms with van der Waals surface area (Å²) in [6, 6.07) is 14.6. The van der Waals surface area contributed by atoms with Crippen LogP contribution in [0.5, 0.6) is 5.75 Å². The van der Waals surface area contributed by atoms with Crippen LogP contribution >= 0.6 is 12.2 Å². The van der Waals surface area contributed by atoms with E-state index < -0.39 is 0 Å². The number of hydrogen-bond acceptors (Lipinski definition) is 2. The fourth-order valence-corrected chi connectivity index (χ4v) is 2.76. The van der Waals surface area contributed by atoms with Crippen molar-refractivity contribution >= 4 is 23.0 Å². The first kappa shape index (κ1) is 19.3. The van der Waals surface area contributed by atoms with Crippen LogP contribution in [0.25, 0.3) is 0 Å². The molecule has 0 aliphatic carbocycles. The Morgan fingerprint density at radius 1 is 1.08 bits per heavy atom. The fourth-order valence-electron chi connectivity index (χ4n) is 2.54. The van der Waals surface area contributed by atoms with Gasteiger partial charge in [-0.1, -0.05) is 18.2 Å². The van der Waals surface area contributed by atoms with Crippen molar-refractivity contribution in [2.75, 3.05) is 11.9 Å². The molecule has 0 fully saturated rings. The molecule has 134 valence electrons. The van der Waals surface area contributed by atoms with Crippen molar-refractivity contribution in [3.8, 4) is 5.75 Å². The molecule has 0 bridgehead atoms. The highest BCUT2D eigenvalue weighted by Gasteiger charge is 2.02. The van der Waals surface area contributed by atoms with E-state index in [0.29, 0.717) is 5.11 Å². The number of anilines is 1. The molecule has 0 unspecified atom stereocenters. The maximum atomic E-state index is 5.74. The summed E-state index contributed by atoms with van der Waals surface area (Å²) in [5.41, 5.74) is 4.86. The van der Waals surface area contributed by atoms with Gasteiger partial charge in [0.25, 0.3) is 0 Å². The maximum absolute atomic E-state index is 5.74. The van der Waals surface area contributed by atoms with Crippen molar-refractivity contribution in [1.29, 1.82) is 0 Å². The summed E-state index contributed by atoms with van der Waals surface area (Å²) in [5, 5.41) is 7.18. The van der Waals surface area contributed by atoms with Gasteiger partial charge in [-0.3, -0.25) is 0 Å². The second-order valence-electron chi connectivity index (χ2n) is 6.60. The van der Waals surface area contributed by atoms with Crippen LogP contribution in [0.3, 0.4) is 0 Å². The first-order valence-electron chi connectivity index (χ1n) is 8.82. The predicted octanol–water partition coefficient (Wildman–Crippen LogP) is 5.01. The molecule has 0 amide bonds. The first-order valence-corrected chi connectivity index (χ1v) is 9.22. The highest BCUT2D eigenvalue weighted by molar-refractivity contribution is 7.80. The smallest absolute Gasteiger partial charge is 0.170 e. The highest BCUT2D eigenvalue weighted by Crippen LogP contribution is 2.16. The lowest BCUT2D eigenvalue weighted by Crippen LogP contribution is -2.29. The summed E-state index contributed by atoms with van der Waals surface area (Å²) in [5.74, 6) is 0.937. The Hall–Kier alpha value is -2.07. The molecule has 25 heavy (non-hydrogen) atoms. The largest absolute Gasteiger partial charge is 0.491 e. The van der Waals surface area contributed by atoms with Crippen LogP contribution in [0.1, 0.15) is 37.0 Å². The monoisotopic (exact) mass is 356 g/mol. The van der Waals surface area contributed by atoms with Gasteiger partial charge < -0.3 is 15.4 Å². The average Bonchev–Trinajstić information content (AvgIpc) is 2.55. The number of nitrogens with one attached hydrogen (secondary N) is 2. The van der Waals surface area contributed by atoms with E-state index >= 15 is 0 Å². The lowest BCUT2D eigenvalue weighted by Gasteiger charge is -2.13. The molecule has 2 N–H and O–H groups in total. The van der Waals surface area contributed by atoms with E-state index in [1.54, 1.807) is 0 Å². The summed E-state index contributed by atoms with van der Waals surface area (Å²) in [6.07, 6.45) is 2.21. The normalized spacial score (nSPS) is 10.6. The molecule has 2 rings (SSSR count). The Balaban J connectivity index is 1.73. The van der Waals surface area contributed by atoms with E-state index in [9.17, 15) is 0 Å². The van der Waals surface area contributed by atoms with Gasteiger partial charge in [-0.15, -0.1) is 0 Å². The summed E-state index contributed by atoms with van der Waals surface area (Å²) in [4.78, 5) is 0.